The molecular formula is C11H12O3. The van der Waals surface area contributed by atoms with Crippen molar-refractivity contribution in [2.24, 2.45) is 0 Å². The summed E-state index contributed by atoms with van der Waals surface area (Å²) in [5, 5.41) is 0. The third-order valence-corrected chi connectivity index (χ3v) is 4.15. The van der Waals surface area contributed by atoms with Crippen molar-refractivity contribution in [1.29, 1.82) is 0 Å². The standard InChI is InChI=1S/C11H12O3/c12-8-9(7-13-9)5-6-10-3-1-2-4-11(8,10)14-10/h5-6H,1-4,7H2. The molecule has 4 rings (SSSR count). The molecule has 3 atom stereocenters. The summed E-state index contributed by atoms with van der Waals surface area (Å²) in [6.07, 6.45) is 8.18. The van der Waals surface area contributed by atoms with Crippen molar-refractivity contribution in [2.45, 2.75) is 42.5 Å². The monoisotopic (exact) mass is 192 g/mol. The predicted molar refractivity (Wildman–Crippen MR) is 47.8 cm³/mol. The van der Waals surface area contributed by atoms with E-state index in [1.807, 2.05) is 6.08 Å². The molecule has 0 amide bonds. The zero-order valence-corrected chi connectivity index (χ0v) is 7.91. The lowest BCUT2D eigenvalue weighted by Gasteiger charge is -2.26. The van der Waals surface area contributed by atoms with Crippen LogP contribution in [0.3, 0.4) is 0 Å². The van der Waals surface area contributed by atoms with Gasteiger partial charge in [-0.2, -0.15) is 0 Å². The molecule has 2 aliphatic heterocycles. The summed E-state index contributed by atoms with van der Waals surface area (Å²) in [5.41, 5.74) is -1.27. The van der Waals surface area contributed by atoms with Gasteiger partial charge in [-0.15, -0.1) is 0 Å². The maximum absolute atomic E-state index is 12.2. The Labute approximate surface area is 82.1 Å². The fourth-order valence-corrected chi connectivity index (χ4v) is 3.16. The van der Waals surface area contributed by atoms with Crippen LogP contribution < -0.4 is 0 Å². The summed E-state index contributed by atoms with van der Waals surface area (Å²) >= 11 is 0. The highest BCUT2D eigenvalue weighted by Crippen LogP contribution is 2.64. The molecule has 2 heterocycles. The highest BCUT2D eigenvalue weighted by Gasteiger charge is 2.80. The molecule has 3 unspecified atom stereocenters. The maximum atomic E-state index is 12.2. The van der Waals surface area contributed by atoms with Crippen molar-refractivity contribution < 1.29 is 14.3 Å². The third kappa shape index (κ3) is 0.588. The molecule has 0 aromatic heterocycles. The molecule has 1 spiro atoms. The maximum Gasteiger partial charge on any atom is 0.206 e. The van der Waals surface area contributed by atoms with Gasteiger partial charge in [0.15, 0.2) is 11.2 Å². The van der Waals surface area contributed by atoms with Gasteiger partial charge in [0.25, 0.3) is 0 Å². The van der Waals surface area contributed by atoms with E-state index in [9.17, 15) is 4.79 Å². The first-order valence-corrected chi connectivity index (χ1v) is 5.33. The summed E-state index contributed by atoms with van der Waals surface area (Å²) < 4.78 is 11.1. The molecule has 4 aliphatic rings. The Morgan fingerprint density at radius 3 is 2.79 bits per heavy atom. The Balaban J connectivity index is 1.86. The average molecular weight is 192 g/mol. The van der Waals surface area contributed by atoms with E-state index in [0.29, 0.717) is 6.61 Å². The lowest BCUT2D eigenvalue weighted by molar-refractivity contribution is -0.128. The topological polar surface area (TPSA) is 42.1 Å². The van der Waals surface area contributed by atoms with Crippen molar-refractivity contribution >= 4 is 5.78 Å². The van der Waals surface area contributed by atoms with Crippen molar-refractivity contribution in [1.82, 2.24) is 0 Å². The van der Waals surface area contributed by atoms with Crippen molar-refractivity contribution in [2.75, 3.05) is 6.61 Å². The fourth-order valence-electron chi connectivity index (χ4n) is 3.16. The first kappa shape index (κ1) is 7.60. The summed E-state index contributed by atoms with van der Waals surface area (Å²) in [6, 6.07) is 0. The van der Waals surface area contributed by atoms with Crippen LogP contribution in [-0.4, -0.2) is 29.2 Å². The smallest absolute Gasteiger partial charge is 0.206 e. The Bertz CT molecular complexity index is 369. The molecule has 0 N–H and O–H groups in total. The van der Waals surface area contributed by atoms with Gasteiger partial charge in [0, 0.05) is 0 Å². The quantitative estimate of drug-likeness (QED) is 0.424. The highest BCUT2D eigenvalue weighted by atomic mass is 16.7. The number of rotatable bonds is 0. The van der Waals surface area contributed by atoms with E-state index in [-0.39, 0.29) is 11.4 Å². The summed E-state index contributed by atoms with van der Waals surface area (Å²) in [5.74, 6) is 0.187. The zero-order chi connectivity index (χ0) is 9.44. The number of epoxide rings is 2. The minimum atomic E-state index is -0.572. The van der Waals surface area contributed by atoms with Gasteiger partial charge in [-0.25, -0.2) is 0 Å². The number of hydrogen-bond donors (Lipinski definition) is 0. The summed E-state index contributed by atoms with van der Waals surface area (Å²) in [4.78, 5) is 12.2. The molecule has 3 nitrogen and oxygen atoms in total. The number of carbonyl (C=O) groups is 1. The van der Waals surface area contributed by atoms with E-state index in [0.717, 1.165) is 19.3 Å². The van der Waals surface area contributed by atoms with E-state index in [1.54, 1.807) is 0 Å². The van der Waals surface area contributed by atoms with E-state index >= 15 is 0 Å². The number of carbonyl (C=O) groups excluding carboxylic acids is 1. The van der Waals surface area contributed by atoms with Gasteiger partial charge in [-0.3, -0.25) is 4.79 Å². The molecule has 3 fully saturated rings. The normalized spacial score (nSPS) is 58.1. The van der Waals surface area contributed by atoms with Gasteiger partial charge in [-0.05, 0) is 31.8 Å². The van der Waals surface area contributed by atoms with Gasteiger partial charge < -0.3 is 9.47 Å². The van der Waals surface area contributed by atoms with Crippen LogP contribution in [0.5, 0.6) is 0 Å². The summed E-state index contributed by atoms with van der Waals surface area (Å²) in [7, 11) is 0. The molecule has 0 aromatic carbocycles. The molecule has 0 radical (unpaired) electrons. The second-order valence-corrected chi connectivity index (χ2v) is 4.87. The van der Waals surface area contributed by atoms with Crippen LogP contribution in [0.1, 0.15) is 25.7 Å². The van der Waals surface area contributed by atoms with Gasteiger partial charge >= 0.3 is 0 Å². The molecule has 2 saturated heterocycles. The number of ketones is 1. The Kier molecular flexibility index (Phi) is 0.999. The predicted octanol–water partition coefficient (Wildman–Crippen LogP) is 0.976. The van der Waals surface area contributed by atoms with Gasteiger partial charge in [0.1, 0.15) is 5.60 Å². The molecule has 0 bridgehead atoms. The Morgan fingerprint density at radius 2 is 2.00 bits per heavy atom. The average Bonchev–Trinajstić information content (AvgIpc) is 3.08. The molecule has 0 aromatic rings. The Hall–Kier alpha value is -0.670. The fraction of sp³-hybridized carbons (Fsp3) is 0.727. The number of hydrogen-bond acceptors (Lipinski definition) is 3. The van der Waals surface area contributed by atoms with Crippen LogP contribution in [0.15, 0.2) is 12.2 Å². The van der Waals surface area contributed by atoms with Crippen LogP contribution in [0.2, 0.25) is 0 Å². The van der Waals surface area contributed by atoms with E-state index in [2.05, 4.69) is 6.08 Å². The van der Waals surface area contributed by atoms with Crippen LogP contribution in [0.4, 0.5) is 0 Å². The largest absolute Gasteiger partial charge is 0.357 e. The first-order valence-electron chi connectivity index (χ1n) is 5.33. The lowest BCUT2D eigenvalue weighted by Crippen LogP contribution is -2.46. The lowest BCUT2D eigenvalue weighted by atomic mass is 9.70. The minimum absolute atomic E-state index is 0.187. The molecule has 74 valence electrons. The number of ether oxygens (including phenoxy) is 2. The Morgan fingerprint density at radius 1 is 1.21 bits per heavy atom. The minimum Gasteiger partial charge on any atom is -0.357 e. The van der Waals surface area contributed by atoms with Crippen LogP contribution in [0, 0.1) is 0 Å². The third-order valence-electron chi connectivity index (χ3n) is 4.15. The highest BCUT2D eigenvalue weighted by molar-refractivity contribution is 6.04. The van der Waals surface area contributed by atoms with Crippen LogP contribution in [0.25, 0.3) is 0 Å². The number of Topliss-reactive ketones (excluding diaryl/α,β-unsaturated/α-hetero) is 1. The van der Waals surface area contributed by atoms with E-state index in [4.69, 9.17) is 9.47 Å². The summed E-state index contributed by atoms with van der Waals surface area (Å²) in [6.45, 7) is 0.559. The zero-order valence-electron chi connectivity index (χ0n) is 7.91. The molecule has 1 saturated carbocycles. The molecular weight excluding hydrogens is 180 g/mol. The van der Waals surface area contributed by atoms with E-state index < -0.39 is 11.2 Å². The molecule has 14 heavy (non-hydrogen) atoms. The second-order valence-electron chi connectivity index (χ2n) is 4.87. The van der Waals surface area contributed by atoms with E-state index in [1.165, 1.54) is 6.42 Å². The molecule has 2 aliphatic carbocycles. The van der Waals surface area contributed by atoms with Crippen molar-refractivity contribution in [3.05, 3.63) is 12.2 Å². The van der Waals surface area contributed by atoms with Gasteiger partial charge in [0.05, 0.1) is 6.61 Å². The SMILES string of the molecule is O=C1C2(C=CC34CCCCC13O4)CO2. The second kappa shape index (κ2) is 1.84. The first-order chi connectivity index (χ1) is 6.73. The van der Waals surface area contributed by atoms with Crippen molar-refractivity contribution in [3.8, 4) is 0 Å². The van der Waals surface area contributed by atoms with Crippen molar-refractivity contribution in [3.63, 3.8) is 0 Å². The van der Waals surface area contributed by atoms with Crippen LogP contribution >= 0.6 is 0 Å². The van der Waals surface area contributed by atoms with Gasteiger partial charge in [0.2, 0.25) is 5.78 Å². The van der Waals surface area contributed by atoms with Crippen LogP contribution in [-0.2, 0) is 14.3 Å². The molecule has 3 heteroatoms. The van der Waals surface area contributed by atoms with Gasteiger partial charge in [-0.1, -0.05) is 6.08 Å².